The van der Waals surface area contributed by atoms with E-state index >= 15 is 0 Å². The molecule has 1 heterocycles. The predicted molar refractivity (Wildman–Crippen MR) is 103 cm³/mol. The summed E-state index contributed by atoms with van der Waals surface area (Å²) in [4.78, 5) is 25.7. The van der Waals surface area contributed by atoms with Gasteiger partial charge in [-0.05, 0) is 55.7 Å². The number of carbonyl (C=O) groups excluding carboxylic acids is 2. The molecule has 27 heavy (non-hydrogen) atoms. The normalized spacial score (nSPS) is 13.1. The zero-order chi connectivity index (χ0) is 19.1. The second-order valence-corrected chi connectivity index (χ2v) is 6.40. The highest BCUT2D eigenvalue weighted by Crippen LogP contribution is 2.21. The number of amides is 2. The lowest BCUT2D eigenvalue weighted by molar-refractivity contribution is 0.0559. The second kappa shape index (κ2) is 9.19. The van der Waals surface area contributed by atoms with E-state index in [0.717, 1.165) is 30.7 Å². The SMILES string of the molecule is Nc1ccc(OCCCCCOCCN2C(=O)c3ccccc3C2=O)cc1. The van der Waals surface area contributed by atoms with Crippen molar-refractivity contribution >= 4 is 17.5 Å². The van der Waals surface area contributed by atoms with Crippen molar-refractivity contribution in [2.75, 3.05) is 32.1 Å². The monoisotopic (exact) mass is 368 g/mol. The molecular formula is C21H24N2O4. The van der Waals surface area contributed by atoms with Crippen LogP contribution in [0.2, 0.25) is 0 Å². The average Bonchev–Trinajstić information content (AvgIpc) is 2.93. The van der Waals surface area contributed by atoms with E-state index in [-0.39, 0.29) is 18.4 Å². The van der Waals surface area contributed by atoms with Gasteiger partial charge in [0.15, 0.2) is 0 Å². The third-order valence-corrected chi connectivity index (χ3v) is 4.42. The van der Waals surface area contributed by atoms with Gasteiger partial charge in [-0.25, -0.2) is 0 Å². The molecule has 0 unspecified atom stereocenters. The topological polar surface area (TPSA) is 81.9 Å². The average molecular weight is 368 g/mol. The number of anilines is 1. The van der Waals surface area contributed by atoms with Gasteiger partial charge in [-0.15, -0.1) is 0 Å². The van der Waals surface area contributed by atoms with E-state index < -0.39 is 0 Å². The molecule has 0 spiro atoms. The lowest BCUT2D eigenvalue weighted by atomic mass is 10.1. The molecule has 0 fully saturated rings. The highest BCUT2D eigenvalue weighted by molar-refractivity contribution is 6.21. The summed E-state index contributed by atoms with van der Waals surface area (Å²) in [6.07, 6.45) is 2.83. The Labute approximate surface area is 158 Å². The molecule has 6 heteroatoms. The number of imide groups is 1. The number of nitrogens with two attached hydrogens (primary N) is 1. The van der Waals surface area contributed by atoms with Crippen LogP contribution in [0.25, 0.3) is 0 Å². The predicted octanol–water partition coefficient (Wildman–Crippen LogP) is 3.13. The van der Waals surface area contributed by atoms with Crippen molar-refractivity contribution in [3.8, 4) is 5.75 Å². The van der Waals surface area contributed by atoms with Crippen LogP contribution in [0.15, 0.2) is 48.5 Å². The maximum absolute atomic E-state index is 12.2. The van der Waals surface area contributed by atoms with Gasteiger partial charge in [0.25, 0.3) is 11.8 Å². The molecule has 0 saturated carbocycles. The van der Waals surface area contributed by atoms with Crippen molar-refractivity contribution in [3.63, 3.8) is 0 Å². The van der Waals surface area contributed by atoms with E-state index in [1.165, 1.54) is 4.90 Å². The number of benzene rings is 2. The highest BCUT2D eigenvalue weighted by Gasteiger charge is 2.34. The molecule has 0 atom stereocenters. The van der Waals surface area contributed by atoms with Crippen LogP contribution >= 0.6 is 0 Å². The largest absolute Gasteiger partial charge is 0.494 e. The fourth-order valence-corrected chi connectivity index (χ4v) is 2.94. The molecule has 0 aliphatic carbocycles. The third kappa shape index (κ3) is 4.86. The first-order chi connectivity index (χ1) is 13.2. The minimum absolute atomic E-state index is 0.237. The summed E-state index contributed by atoms with van der Waals surface area (Å²) in [7, 11) is 0. The Bertz CT molecular complexity index is 754. The fourth-order valence-electron chi connectivity index (χ4n) is 2.94. The Hall–Kier alpha value is -2.86. The van der Waals surface area contributed by atoms with Crippen LogP contribution in [-0.4, -0.2) is 43.1 Å². The third-order valence-electron chi connectivity index (χ3n) is 4.42. The number of rotatable bonds is 10. The summed E-state index contributed by atoms with van der Waals surface area (Å²) in [6, 6.07) is 14.2. The number of fused-ring (bicyclic) bond motifs is 1. The minimum Gasteiger partial charge on any atom is -0.494 e. The first kappa shape index (κ1) is 18.9. The van der Waals surface area contributed by atoms with Crippen LogP contribution in [0.1, 0.15) is 40.0 Å². The van der Waals surface area contributed by atoms with Gasteiger partial charge in [-0.1, -0.05) is 12.1 Å². The van der Waals surface area contributed by atoms with Crippen molar-refractivity contribution in [2.24, 2.45) is 0 Å². The Balaban J connectivity index is 1.25. The van der Waals surface area contributed by atoms with E-state index in [9.17, 15) is 9.59 Å². The number of unbranched alkanes of at least 4 members (excludes halogenated alkanes) is 2. The molecule has 0 radical (unpaired) electrons. The molecule has 0 saturated heterocycles. The maximum atomic E-state index is 12.2. The Morgan fingerprint density at radius 3 is 2.07 bits per heavy atom. The van der Waals surface area contributed by atoms with Gasteiger partial charge in [0, 0.05) is 12.3 Å². The smallest absolute Gasteiger partial charge is 0.261 e. The van der Waals surface area contributed by atoms with E-state index in [4.69, 9.17) is 15.2 Å². The Morgan fingerprint density at radius 1 is 0.778 bits per heavy atom. The number of hydrogen-bond donors (Lipinski definition) is 1. The maximum Gasteiger partial charge on any atom is 0.261 e. The van der Waals surface area contributed by atoms with Gasteiger partial charge in [-0.3, -0.25) is 14.5 Å². The van der Waals surface area contributed by atoms with E-state index in [2.05, 4.69) is 0 Å². The van der Waals surface area contributed by atoms with Gasteiger partial charge >= 0.3 is 0 Å². The number of hydrogen-bond acceptors (Lipinski definition) is 5. The first-order valence-corrected chi connectivity index (χ1v) is 9.18. The van der Waals surface area contributed by atoms with Crippen LogP contribution in [0.4, 0.5) is 5.69 Å². The fraction of sp³-hybridized carbons (Fsp3) is 0.333. The lowest BCUT2D eigenvalue weighted by Crippen LogP contribution is -2.33. The Morgan fingerprint density at radius 2 is 1.41 bits per heavy atom. The molecule has 2 aromatic carbocycles. The van der Waals surface area contributed by atoms with Crippen molar-refractivity contribution < 1.29 is 19.1 Å². The molecule has 1 aliphatic heterocycles. The number of nitrogen functional groups attached to an aromatic ring is 1. The van der Waals surface area contributed by atoms with Crippen LogP contribution in [0.3, 0.4) is 0 Å². The van der Waals surface area contributed by atoms with Gasteiger partial charge in [0.2, 0.25) is 0 Å². The van der Waals surface area contributed by atoms with Gasteiger partial charge in [0.05, 0.1) is 30.9 Å². The summed E-state index contributed by atoms with van der Waals surface area (Å²) in [5, 5.41) is 0. The summed E-state index contributed by atoms with van der Waals surface area (Å²) in [6.45, 7) is 1.89. The number of carbonyl (C=O) groups is 2. The molecule has 0 bridgehead atoms. The van der Waals surface area contributed by atoms with Crippen molar-refractivity contribution in [3.05, 3.63) is 59.7 Å². The van der Waals surface area contributed by atoms with E-state index in [1.54, 1.807) is 24.3 Å². The highest BCUT2D eigenvalue weighted by atomic mass is 16.5. The quantitative estimate of drug-likeness (QED) is 0.396. The van der Waals surface area contributed by atoms with Crippen molar-refractivity contribution in [1.82, 2.24) is 4.90 Å². The van der Waals surface area contributed by atoms with Gasteiger partial charge < -0.3 is 15.2 Å². The van der Waals surface area contributed by atoms with Crippen molar-refractivity contribution in [1.29, 1.82) is 0 Å². The van der Waals surface area contributed by atoms with Gasteiger partial charge in [-0.2, -0.15) is 0 Å². The molecule has 2 N–H and O–H groups in total. The Kier molecular flexibility index (Phi) is 6.44. The molecule has 6 nitrogen and oxygen atoms in total. The molecule has 0 aromatic heterocycles. The number of ether oxygens (including phenoxy) is 2. The summed E-state index contributed by atoms with van der Waals surface area (Å²) >= 11 is 0. The van der Waals surface area contributed by atoms with Crippen LogP contribution in [0.5, 0.6) is 5.75 Å². The molecule has 1 aliphatic rings. The molecule has 142 valence electrons. The number of nitrogens with zero attached hydrogens (tertiary/aromatic N) is 1. The summed E-state index contributed by atoms with van der Waals surface area (Å²) in [5.41, 5.74) is 7.30. The van der Waals surface area contributed by atoms with Crippen LogP contribution in [-0.2, 0) is 4.74 Å². The lowest BCUT2D eigenvalue weighted by Gasteiger charge is -2.13. The summed E-state index contributed by atoms with van der Waals surface area (Å²) < 4.78 is 11.2. The first-order valence-electron chi connectivity index (χ1n) is 9.18. The van der Waals surface area contributed by atoms with Crippen LogP contribution in [0, 0.1) is 0 Å². The molecule has 2 aromatic rings. The minimum atomic E-state index is -0.237. The van der Waals surface area contributed by atoms with Crippen molar-refractivity contribution in [2.45, 2.75) is 19.3 Å². The molecule has 2 amide bonds. The molecule has 3 rings (SSSR count). The zero-order valence-corrected chi connectivity index (χ0v) is 15.2. The second-order valence-electron chi connectivity index (χ2n) is 6.40. The standard InChI is InChI=1S/C21H24N2O4/c22-16-8-10-17(11-9-16)27-14-5-1-4-13-26-15-12-23-20(24)18-6-2-3-7-19(18)21(23)25/h2-3,6-11H,1,4-5,12-15,22H2. The van der Waals surface area contributed by atoms with Crippen LogP contribution < -0.4 is 10.5 Å². The summed E-state index contributed by atoms with van der Waals surface area (Å²) in [5.74, 6) is 0.347. The molecular weight excluding hydrogens is 344 g/mol. The van der Waals surface area contributed by atoms with Gasteiger partial charge in [0.1, 0.15) is 5.75 Å². The van der Waals surface area contributed by atoms with E-state index in [1.807, 2.05) is 24.3 Å². The zero-order valence-electron chi connectivity index (χ0n) is 15.2. The van der Waals surface area contributed by atoms with E-state index in [0.29, 0.717) is 30.9 Å².